The molecule has 1 N–H and O–H groups in total. The third-order valence-electron chi connectivity index (χ3n) is 5.30. The number of rotatable bonds is 6. The predicted molar refractivity (Wildman–Crippen MR) is 115 cm³/mol. The molecule has 0 saturated carbocycles. The van der Waals surface area contributed by atoms with Gasteiger partial charge in [0.2, 0.25) is 0 Å². The van der Waals surface area contributed by atoms with Crippen molar-refractivity contribution in [2.75, 3.05) is 24.5 Å². The molecule has 1 amide bonds. The van der Waals surface area contributed by atoms with Crippen LogP contribution in [-0.4, -0.2) is 35.7 Å². The molecule has 3 rings (SSSR count). The first-order valence-electron chi connectivity index (χ1n) is 10.6. The van der Waals surface area contributed by atoms with Crippen LogP contribution in [0.5, 0.6) is 0 Å². The van der Waals surface area contributed by atoms with Gasteiger partial charge in [-0.3, -0.25) is 4.79 Å². The third-order valence-corrected chi connectivity index (χ3v) is 5.30. The van der Waals surface area contributed by atoms with Gasteiger partial charge in [-0.25, -0.2) is 4.39 Å². The molecule has 0 aliphatic carbocycles. The molecule has 1 aromatic heterocycles. The normalized spacial score (nSPS) is 14.6. The molecule has 1 aromatic carbocycles. The Morgan fingerprint density at radius 1 is 1.16 bits per heavy atom. The van der Waals surface area contributed by atoms with Crippen LogP contribution in [0.3, 0.4) is 0 Å². The van der Waals surface area contributed by atoms with Crippen LogP contribution in [0.4, 0.5) is 23.4 Å². The molecule has 9 heteroatoms. The Kier molecular flexibility index (Phi) is 7.48. The highest BCUT2D eigenvalue weighted by Gasteiger charge is 2.33. The van der Waals surface area contributed by atoms with Gasteiger partial charge >= 0.3 is 6.18 Å². The lowest BCUT2D eigenvalue weighted by molar-refractivity contribution is -0.137. The number of nitrogens with zero attached hydrogens (tertiary/aromatic N) is 3. The van der Waals surface area contributed by atoms with E-state index in [0.717, 1.165) is 30.2 Å². The molecule has 2 heterocycles. The van der Waals surface area contributed by atoms with Crippen LogP contribution in [0.25, 0.3) is 6.08 Å². The lowest BCUT2D eigenvalue weighted by Gasteiger charge is -2.29. The zero-order valence-corrected chi connectivity index (χ0v) is 18.0. The van der Waals surface area contributed by atoms with Crippen molar-refractivity contribution in [1.82, 2.24) is 15.5 Å². The molecule has 1 aliphatic heterocycles. The fraction of sp³-hybridized carbons (Fsp3) is 0.435. The van der Waals surface area contributed by atoms with Crippen LogP contribution in [-0.2, 0) is 6.18 Å². The summed E-state index contributed by atoms with van der Waals surface area (Å²) in [5, 5.41) is 10.9. The van der Waals surface area contributed by atoms with Crippen LogP contribution in [0.1, 0.15) is 54.7 Å². The molecule has 2 aromatic rings. The van der Waals surface area contributed by atoms with Crippen molar-refractivity contribution in [2.45, 2.75) is 39.3 Å². The SMILES string of the molecule is CC(C)CCNC(=O)c1ccc(N2CCC(=Cc3cc(F)ccc3C(F)(F)F)CC2)nn1. The molecular formula is C23H26F4N4O. The molecule has 0 atom stereocenters. The van der Waals surface area contributed by atoms with Gasteiger partial charge in [0.1, 0.15) is 5.82 Å². The molecular weight excluding hydrogens is 424 g/mol. The van der Waals surface area contributed by atoms with E-state index in [-0.39, 0.29) is 17.2 Å². The van der Waals surface area contributed by atoms with Gasteiger partial charge in [-0.1, -0.05) is 25.5 Å². The fourth-order valence-corrected chi connectivity index (χ4v) is 3.48. The Balaban J connectivity index is 1.62. The zero-order chi connectivity index (χ0) is 23.3. The summed E-state index contributed by atoms with van der Waals surface area (Å²) in [4.78, 5) is 14.1. The summed E-state index contributed by atoms with van der Waals surface area (Å²) in [6.07, 6.45) is -1.19. The van der Waals surface area contributed by atoms with Crippen molar-refractivity contribution in [3.63, 3.8) is 0 Å². The number of halogens is 4. The predicted octanol–water partition coefficient (Wildman–Crippen LogP) is 5.09. The molecule has 32 heavy (non-hydrogen) atoms. The van der Waals surface area contributed by atoms with Gasteiger partial charge in [0.05, 0.1) is 5.56 Å². The van der Waals surface area contributed by atoms with Gasteiger partial charge in [-0.15, -0.1) is 10.2 Å². The number of aromatic nitrogens is 2. The van der Waals surface area contributed by atoms with Crippen molar-refractivity contribution in [3.8, 4) is 0 Å². The van der Waals surface area contributed by atoms with Crippen LogP contribution in [0.15, 0.2) is 35.9 Å². The van der Waals surface area contributed by atoms with Crippen molar-refractivity contribution >= 4 is 17.8 Å². The van der Waals surface area contributed by atoms with E-state index in [2.05, 4.69) is 29.4 Å². The van der Waals surface area contributed by atoms with E-state index in [9.17, 15) is 22.4 Å². The summed E-state index contributed by atoms with van der Waals surface area (Å²) >= 11 is 0. The molecule has 0 radical (unpaired) electrons. The Morgan fingerprint density at radius 3 is 2.47 bits per heavy atom. The summed E-state index contributed by atoms with van der Waals surface area (Å²) in [7, 11) is 0. The maximum atomic E-state index is 13.5. The minimum absolute atomic E-state index is 0.159. The molecule has 5 nitrogen and oxygen atoms in total. The summed E-state index contributed by atoms with van der Waals surface area (Å²) in [6.45, 7) is 5.80. The number of anilines is 1. The summed E-state index contributed by atoms with van der Waals surface area (Å²) in [5.41, 5.74) is 0.0443. The van der Waals surface area contributed by atoms with Crippen LogP contribution in [0.2, 0.25) is 0 Å². The second-order valence-corrected chi connectivity index (χ2v) is 8.23. The minimum Gasteiger partial charge on any atom is -0.354 e. The molecule has 1 aliphatic rings. The second kappa shape index (κ2) is 10.1. The van der Waals surface area contributed by atoms with Gasteiger partial charge in [0.15, 0.2) is 11.5 Å². The Bertz CT molecular complexity index is 961. The molecule has 0 spiro atoms. The Hall–Kier alpha value is -2.97. The van der Waals surface area contributed by atoms with Gasteiger partial charge in [0.25, 0.3) is 5.91 Å². The molecule has 0 unspecified atom stereocenters. The number of amides is 1. The first-order chi connectivity index (χ1) is 15.1. The minimum atomic E-state index is -4.54. The summed E-state index contributed by atoms with van der Waals surface area (Å²) < 4.78 is 53.1. The molecule has 1 fully saturated rings. The largest absolute Gasteiger partial charge is 0.416 e. The average Bonchev–Trinajstić information content (AvgIpc) is 2.73. The van der Waals surface area contributed by atoms with Crippen molar-refractivity contribution in [2.24, 2.45) is 5.92 Å². The first kappa shape index (κ1) is 23.7. The highest BCUT2D eigenvalue weighted by Crippen LogP contribution is 2.34. The lowest BCUT2D eigenvalue weighted by Crippen LogP contribution is -2.32. The maximum Gasteiger partial charge on any atom is 0.416 e. The highest BCUT2D eigenvalue weighted by atomic mass is 19.4. The summed E-state index contributed by atoms with van der Waals surface area (Å²) in [5.74, 6) is 0.113. The number of benzene rings is 1. The van der Waals surface area contributed by atoms with E-state index < -0.39 is 17.6 Å². The monoisotopic (exact) mass is 450 g/mol. The Labute approximate surface area is 184 Å². The van der Waals surface area contributed by atoms with Crippen LogP contribution < -0.4 is 10.2 Å². The van der Waals surface area contributed by atoms with Gasteiger partial charge in [-0.05, 0) is 61.1 Å². The summed E-state index contributed by atoms with van der Waals surface area (Å²) in [6, 6.07) is 5.83. The van der Waals surface area contributed by atoms with E-state index in [1.807, 2.05) is 4.90 Å². The number of carbonyl (C=O) groups excluding carboxylic acids is 1. The number of nitrogens with one attached hydrogen (secondary N) is 1. The van der Waals surface area contributed by atoms with Gasteiger partial charge < -0.3 is 10.2 Å². The topological polar surface area (TPSA) is 58.1 Å². The number of hydrogen-bond donors (Lipinski definition) is 1. The van der Waals surface area contributed by atoms with Crippen molar-refractivity contribution < 1.29 is 22.4 Å². The van der Waals surface area contributed by atoms with Crippen molar-refractivity contribution in [3.05, 3.63) is 58.5 Å². The highest BCUT2D eigenvalue weighted by molar-refractivity contribution is 5.92. The first-order valence-corrected chi connectivity index (χ1v) is 10.6. The molecule has 172 valence electrons. The van der Waals surface area contributed by atoms with E-state index in [4.69, 9.17) is 0 Å². The van der Waals surface area contributed by atoms with Crippen molar-refractivity contribution in [1.29, 1.82) is 0 Å². The Morgan fingerprint density at radius 2 is 1.88 bits per heavy atom. The molecule has 1 saturated heterocycles. The van der Waals surface area contributed by atoms with Crippen LogP contribution in [0, 0.1) is 11.7 Å². The fourth-order valence-electron chi connectivity index (χ4n) is 3.48. The van der Waals surface area contributed by atoms with Gasteiger partial charge in [-0.2, -0.15) is 13.2 Å². The van der Waals surface area contributed by atoms with E-state index in [1.165, 1.54) is 6.08 Å². The third kappa shape index (κ3) is 6.27. The van der Waals surface area contributed by atoms with Crippen LogP contribution >= 0.6 is 0 Å². The lowest BCUT2D eigenvalue weighted by atomic mass is 9.98. The van der Waals surface area contributed by atoms with Gasteiger partial charge in [0, 0.05) is 19.6 Å². The van der Waals surface area contributed by atoms with E-state index in [0.29, 0.717) is 44.2 Å². The smallest absolute Gasteiger partial charge is 0.354 e. The standard InChI is InChI=1S/C23H26F4N4O/c1-15(2)7-10-28-22(32)20-5-6-21(30-29-20)31-11-8-16(9-12-31)13-17-14-18(24)3-4-19(17)23(25,26)27/h3-6,13-15H,7-12H2,1-2H3,(H,28,32). The van der Waals surface area contributed by atoms with E-state index in [1.54, 1.807) is 12.1 Å². The number of piperidine rings is 1. The second-order valence-electron chi connectivity index (χ2n) is 8.23. The maximum absolute atomic E-state index is 13.5. The van der Waals surface area contributed by atoms with E-state index >= 15 is 0 Å². The quantitative estimate of drug-likeness (QED) is 0.623. The molecule has 0 bridgehead atoms. The number of alkyl halides is 3. The number of carbonyl (C=O) groups is 1. The zero-order valence-electron chi connectivity index (χ0n) is 18.0. The number of hydrogen-bond acceptors (Lipinski definition) is 4. The average molecular weight is 450 g/mol.